The van der Waals surface area contributed by atoms with Gasteiger partial charge in [-0.1, -0.05) is 26.0 Å². The lowest BCUT2D eigenvalue weighted by Gasteiger charge is -2.33. The predicted molar refractivity (Wildman–Crippen MR) is 122 cm³/mol. The van der Waals surface area contributed by atoms with Gasteiger partial charge in [-0.25, -0.2) is 9.18 Å². The Morgan fingerprint density at radius 1 is 1.19 bits per heavy atom. The first-order chi connectivity index (χ1) is 14.9. The van der Waals surface area contributed by atoms with E-state index in [4.69, 9.17) is 4.74 Å². The molecule has 178 valence electrons. The van der Waals surface area contributed by atoms with Crippen molar-refractivity contribution in [1.82, 2.24) is 15.1 Å². The summed E-state index contributed by atoms with van der Waals surface area (Å²) in [6.07, 6.45) is 1.57. The number of benzene rings is 1. The maximum Gasteiger partial charge on any atom is 0.410 e. The van der Waals surface area contributed by atoms with Crippen molar-refractivity contribution in [2.24, 2.45) is 17.8 Å². The first-order valence-electron chi connectivity index (χ1n) is 11.7. The van der Waals surface area contributed by atoms with Crippen LogP contribution >= 0.6 is 0 Å². The van der Waals surface area contributed by atoms with Crippen LogP contribution in [-0.4, -0.2) is 59.6 Å². The van der Waals surface area contributed by atoms with E-state index in [-0.39, 0.29) is 23.7 Å². The van der Waals surface area contributed by atoms with Crippen molar-refractivity contribution in [3.8, 4) is 0 Å². The van der Waals surface area contributed by atoms with Gasteiger partial charge in [-0.2, -0.15) is 0 Å². The Hall–Kier alpha value is -2.15. The second-order valence-corrected chi connectivity index (χ2v) is 10.7. The zero-order valence-electron chi connectivity index (χ0n) is 20.2. The quantitative estimate of drug-likeness (QED) is 0.715. The van der Waals surface area contributed by atoms with Crippen molar-refractivity contribution in [3.05, 3.63) is 35.6 Å². The molecule has 1 aromatic rings. The van der Waals surface area contributed by atoms with Crippen molar-refractivity contribution in [1.29, 1.82) is 0 Å². The molecule has 0 aromatic heterocycles. The number of likely N-dealkylation sites (tertiary alicyclic amines) is 1. The molecule has 0 unspecified atom stereocenters. The number of fused-ring (bicyclic) bond motifs is 1. The standard InChI is InChI=1S/C25H38FN3O3/c1-16(2)22(28(6)24(31)32-25(3,4)5)23(30)27-21-12-9-18-14-29(15-20(18)21)13-17-7-10-19(26)11-8-17/h7-8,10-11,16,18,20-22H,9,12-15H2,1-6H3,(H,27,30)/t18-,20+,21+,22-/m0/s1. The van der Waals surface area contributed by atoms with Crippen molar-refractivity contribution in [2.45, 2.75) is 71.7 Å². The number of halogens is 1. The minimum Gasteiger partial charge on any atom is -0.444 e. The lowest BCUT2D eigenvalue weighted by molar-refractivity contribution is -0.128. The third kappa shape index (κ3) is 6.00. The maximum atomic E-state index is 13.2. The van der Waals surface area contributed by atoms with Gasteiger partial charge in [0.25, 0.3) is 0 Å². The number of nitrogens with zero attached hydrogens (tertiary/aromatic N) is 2. The lowest BCUT2D eigenvalue weighted by atomic mass is 9.96. The van der Waals surface area contributed by atoms with Crippen LogP contribution in [0.25, 0.3) is 0 Å². The number of nitrogens with one attached hydrogen (secondary N) is 1. The average Bonchev–Trinajstić information content (AvgIpc) is 3.23. The fourth-order valence-electron chi connectivity index (χ4n) is 5.16. The fourth-order valence-corrected chi connectivity index (χ4v) is 5.16. The fraction of sp³-hybridized carbons (Fsp3) is 0.680. The number of likely N-dealkylation sites (N-methyl/N-ethyl adjacent to an activating group) is 1. The third-order valence-electron chi connectivity index (χ3n) is 6.58. The second-order valence-electron chi connectivity index (χ2n) is 10.7. The number of hydrogen-bond acceptors (Lipinski definition) is 4. The molecule has 1 heterocycles. The molecule has 0 radical (unpaired) electrons. The Bertz CT molecular complexity index is 806. The van der Waals surface area contributed by atoms with Crippen LogP contribution in [0.5, 0.6) is 0 Å². The summed E-state index contributed by atoms with van der Waals surface area (Å²) >= 11 is 0. The zero-order chi connectivity index (χ0) is 23.6. The molecule has 1 saturated carbocycles. The van der Waals surface area contributed by atoms with Gasteiger partial charge in [0.15, 0.2) is 0 Å². The van der Waals surface area contributed by atoms with Gasteiger partial charge in [-0.3, -0.25) is 14.6 Å². The second kappa shape index (κ2) is 9.77. The molecule has 2 amide bonds. The summed E-state index contributed by atoms with van der Waals surface area (Å²) in [4.78, 5) is 29.6. The Labute approximate surface area is 191 Å². The molecular weight excluding hydrogens is 409 g/mol. The van der Waals surface area contributed by atoms with E-state index >= 15 is 0 Å². The summed E-state index contributed by atoms with van der Waals surface area (Å²) in [6, 6.07) is 6.20. The highest BCUT2D eigenvalue weighted by Gasteiger charge is 2.44. The molecule has 1 saturated heterocycles. The van der Waals surface area contributed by atoms with Gasteiger partial charge in [-0.15, -0.1) is 0 Å². The Morgan fingerprint density at radius 2 is 1.84 bits per heavy atom. The largest absolute Gasteiger partial charge is 0.444 e. The van der Waals surface area contributed by atoms with Crippen LogP contribution in [0.1, 0.15) is 53.0 Å². The van der Waals surface area contributed by atoms with Gasteiger partial charge >= 0.3 is 6.09 Å². The highest BCUT2D eigenvalue weighted by Crippen LogP contribution is 2.39. The molecule has 32 heavy (non-hydrogen) atoms. The summed E-state index contributed by atoms with van der Waals surface area (Å²) in [5.74, 6) is 0.589. The maximum absolute atomic E-state index is 13.2. The van der Waals surface area contributed by atoms with Gasteiger partial charge in [0.05, 0.1) is 0 Å². The number of carbonyl (C=O) groups is 2. The van der Waals surface area contributed by atoms with Gasteiger partial charge < -0.3 is 10.1 Å². The molecule has 0 spiro atoms. The molecule has 6 nitrogen and oxygen atoms in total. The van der Waals surface area contributed by atoms with Crippen molar-refractivity contribution in [2.75, 3.05) is 20.1 Å². The molecule has 4 atom stereocenters. The van der Waals surface area contributed by atoms with Gasteiger partial charge in [-0.05, 0) is 69.1 Å². The predicted octanol–water partition coefficient (Wildman–Crippen LogP) is 4.04. The van der Waals surface area contributed by atoms with Crippen LogP contribution in [0.15, 0.2) is 24.3 Å². The molecule has 7 heteroatoms. The molecular formula is C25H38FN3O3. The van der Waals surface area contributed by atoms with Crippen LogP contribution in [0.4, 0.5) is 9.18 Å². The molecule has 1 aliphatic heterocycles. The molecule has 0 bridgehead atoms. The number of ether oxygens (including phenoxy) is 1. The summed E-state index contributed by atoms with van der Waals surface area (Å²) in [6.45, 7) is 12.1. The highest BCUT2D eigenvalue weighted by molar-refractivity contribution is 5.86. The summed E-state index contributed by atoms with van der Waals surface area (Å²) in [5, 5.41) is 3.26. The normalized spacial score (nSPS) is 24.3. The minimum atomic E-state index is -0.611. The molecule has 1 aromatic carbocycles. The highest BCUT2D eigenvalue weighted by atomic mass is 19.1. The smallest absolute Gasteiger partial charge is 0.410 e. The van der Waals surface area contributed by atoms with E-state index in [1.54, 1.807) is 7.05 Å². The van der Waals surface area contributed by atoms with E-state index < -0.39 is 17.7 Å². The third-order valence-corrected chi connectivity index (χ3v) is 6.58. The topological polar surface area (TPSA) is 61.9 Å². The van der Waals surface area contributed by atoms with E-state index in [0.717, 1.165) is 38.0 Å². The Morgan fingerprint density at radius 3 is 2.44 bits per heavy atom. The average molecular weight is 448 g/mol. The molecule has 1 N–H and O–H groups in total. The minimum absolute atomic E-state index is 0.0386. The van der Waals surface area contributed by atoms with Crippen LogP contribution < -0.4 is 5.32 Å². The Kier molecular flexibility index (Phi) is 7.48. The molecule has 2 aliphatic rings. The summed E-state index contributed by atoms with van der Waals surface area (Å²) < 4.78 is 18.7. The van der Waals surface area contributed by atoms with Crippen LogP contribution in [0, 0.1) is 23.6 Å². The molecule has 3 rings (SSSR count). The van der Waals surface area contributed by atoms with Crippen LogP contribution in [0.3, 0.4) is 0 Å². The zero-order valence-corrected chi connectivity index (χ0v) is 20.2. The number of hydrogen-bond donors (Lipinski definition) is 1. The van der Waals surface area contributed by atoms with E-state index in [1.807, 2.05) is 46.8 Å². The summed E-state index contributed by atoms with van der Waals surface area (Å²) in [5.41, 5.74) is 0.491. The van der Waals surface area contributed by atoms with Gasteiger partial charge in [0.2, 0.25) is 5.91 Å². The van der Waals surface area contributed by atoms with Crippen molar-refractivity contribution >= 4 is 12.0 Å². The number of amides is 2. The van der Waals surface area contributed by atoms with Gasteiger partial charge in [0, 0.05) is 32.7 Å². The lowest BCUT2D eigenvalue weighted by Crippen LogP contribution is -2.54. The SMILES string of the molecule is CC(C)[C@@H](C(=O)N[C@@H]1CC[C@H]2CN(Cc3ccc(F)cc3)C[C@H]21)N(C)C(=O)OC(C)(C)C. The molecule has 2 fully saturated rings. The Balaban J connectivity index is 1.60. The van der Waals surface area contributed by atoms with Crippen LogP contribution in [-0.2, 0) is 16.1 Å². The van der Waals surface area contributed by atoms with Crippen LogP contribution in [0.2, 0.25) is 0 Å². The van der Waals surface area contributed by atoms with E-state index in [2.05, 4.69) is 10.2 Å². The summed E-state index contributed by atoms with van der Waals surface area (Å²) in [7, 11) is 1.63. The van der Waals surface area contributed by atoms with E-state index in [0.29, 0.717) is 11.8 Å². The first-order valence-corrected chi connectivity index (χ1v) is 11.7. The monoisotopic (exact) mass is 447 g/mol. The molecule has 1 aliphatic carbocycles. The van der Waals surface area contributed by atoms with E-state index in [9.17, 15) is 14.0 Å². The number of carbonyl (C=O) groups excluding carboxylic acids is 2. The van der Waals surface area contributed by atoms with E-state index in [1.165, 1.54) is 17.0 Å². The van der Waals surface area contributed by atoms with Crippen molar-refractivity contribution in [3.63, 3.8) is 0 Å². The van der Waals surface area contributed by atoms with Crippen molar-refractivity contribution < 1.29 is 18.7 Å². The van der Waals surface area contributed by atoms with Gasteiger partial charge in [0.1, 0.15) is 17.5 Å². The number of rotatable bonds is 6. The first kappa shape index (κ1) is 24.5.